The zero-order chi connectivity index (χ0) is 21.2. The number of amides is 1. The molecule has 0 radical (unpaired) electrons. The zero-order valence-corrected chi connectivity index (χ0v) is 15.6. The minimum atomic E-state index is -4.40. The van der Waals surface area contributed by atoms with Crippen LogP contribution in [0.15, 0.2) is 42.5 Å². The van der Waals surface area contributed by atoms with E-state index in [1.54, 1.807) is 13.0 Å². The van der Waals surface area contributed by atoms with Gasteiger partial charge in [0.15, 0.2) is 0 Å². The Labute approximate surface area is 164 Å². The maximum Gasteiger partial charge on any atom is 0.416 e. The lowest BCUT2D eigenvalue weighted by atomic mass is 10.1. The Kier molecular flexibility index (Phi) is 6.07. The monoisotopic (exact) mass is 413 g/mol. The van der Waals surface area contributed by atoms with E-state index in [4.69, 9.17) is 0 Å². The van der Waals surface area contributed by atoms with Crippen molar-refractivity contribution in [1.29, 1.82) is 0 Å². The second-order valence-electron chi connectivity index (χ2n) is 6.86. The van der Waals surface area contributed by atoms with Crippen molar-refractivity contribution in [3.63, 3.8) is 0 Å². The predicted molar refractivity (Wildman–Crippen MR) is 99.7 cm³/mol. The first-order valence-electron chi connectivity index (χ1n) is 9.07. The molecule has 0 spiro atoms. The third-order valence-corrected chi connectivity index (χ3v) is 4.97. The van der Waals surface area contributed by atoms with Crippen LogP contribution in [0.4, 0.5) is 33.3 Å². The summed E-state index contributed by atoms with van der Waals surface area (Å²) in [6.45, 7) is 3.47. The predicted octanol–water partition coefficient (Wildman–Crippen LogP) is 4.13. The second kappa shape index (κ2) is 8.36. The van der Waals surface area contributed by atoms with E-state index in [1.807, 2.05) is 9.80 Å². The summed E-state index contributed by atoms with van der Waals surface area (Å²) >= 11 is 0. The SMILES string of the molecule is CC(C(=O)Nc1ccc(F)cc1F)N1CCN(c2cccc(C(F)(F)F)c2)CC1. The Morgan fingerprint density at radius 1 is 1.03 bits per heavy atom. The highest BCUT2D eigenvalue weighted by molar-refractivity contribution is 5.94. The molecular weight excluding hydrogens is 393 g/mol. The van der Waals surface area contributed by atoms with E-state index in [0.29, 0.717) is 37.9 Å². The van der Waals surface area contributed by atoms with Crippen LogP contribution in [0.5, 0.6) is 0 Å². The molecule has 0 aliphatic carbocycles. The van der Waals surface area contributed by atoms with Crippen LogP contribution in [-0.4, -0.2) is 43.0 Å². The molecule has 1 unspecified atom stereocenters. The van der Waals surface area contributed by atoms with Crippen molar-refractivity contribution in [2.24, 2.45) is 0 Å². The topological polar surface area (TPSA) is 35.6 Å². The molecule has 1 atom stereocenters. The molecule has 1 aliphatic rings. The van der Waals surface area contributed by atoms with Crippen LogP contribution in [0, 0.1) is 11.6 Å². The van der Waals surface area contributed by atoms with Gasteiger partial charge < -0.3 is 10.2 Å². The fourth-order valence-corrected chi connectivity index (χ4v) is 3.24. The molecule has 1 aliphatic heterocycles. The summed E-state index contributed by atoms with van der Waals surface area (Å²) < 4.78 is 65.4. The van der Waals surface area contributed by atoms with Gasteiger partial charge in [-0.25, -0.2) is 8.78 Å². The van der Waals surface area contributed by atoms with Crippen LogP contribution >= 0.6 is 0 Å². The van der Waals surface area contributed by atoms with Gasteiger partial charge in [-0.2, -0.15) is 13.2 Å². The molecular formula is C20H20F5N3O. The first-order chi connectivity index (χ1) is 13.6. The largest absolute Gasteiger partial charge is 0.416 e. The Bertz CT molecular complexity index is 879. The number of hydrogen-bond acceptors (Lipinski definition) is 3. The number of carbonyl (C=O) groups excluding carboxylic acids is 1. The van der Waals surface area contributed by atoms with Crippen LogP contribution < -0.4 is 10.2 Å². The number of hydrogen-bond donors (Lipinski definition) is 1. The number of nitrogens with zero attached hydrogens (tertiary/aromatic N) is 2. The Morgan fingerprint density at radius 3 is 2.34 bits per heavy atom. The average molecular weight is 413 g/mol. The molecule has 9 heteroatoms. The molecule has 0 saturated carbocycles. The Hall–Kier alpha value is -2.68. The van der Waals surface area contributed by atoms with E-state index >= 15 is 0 Å². The first kappa shape index (κ1) is 21.0. The summed E-state index contributed by atoms with van der Waals surface area (Å²) in [6, 6.07) is 7.45. The Balaban J connectivity index is 1.59. The summed E-state index contributed by atoms with van der Waals surface area (Å²) in [5.74, 6) is -2.04. The van der Waals surface area contributed by atoms with Gasteiger partial charge in [-0.15, -0.1) is 0 Å². The normalized spacial score (nSPS) is 16.6. The van der Waals surface area contributed by atoms with E-state index in [1.165, 1.54) is 6.07 Å². The van der Waals surface area contributed by atoms with Crippen molar-refractivity contribution in [2.75, 3.05) is 36.4 Å². The number of rotatable bonds is 4. The molecule has 3 rings (SSSR count). The molecule has 0 bridgehead atoms. The van der Waals surface area contributed by atoms with Gasteiger partial charge in [-0.3, -0.25) is 9.69 Å². The molecule has 0 aromatic heterocycles. The highest BCUT2D eigenvalue weighted by atomic mass is 19.4. The molecule has 1 N–H and O–H groups in total. The van der Waals surface area contributed by atoms with Crippen molar-refractivity contribution in [3.8, 4) is 0 Å². The van der Waals surface area contributed by atoms with Crippen molar-refractivity contribution in [2.45, 2.75) is 19.1 Å². The minimum Gasteiger partial charge on any atom is -0.369 e. The van der Waals surface area contributed by atoms with E-state index in [2.05, 4.69) is 5.32 Å². The lowest BCUT2D eigenvalue weighted by molar-refractivity contribution is -0.137. The van der Waals surface area contributed by atoms with E-state index < -0.39 is 35.3 Å². The van der Waals surface area contributed by atoms with E-state index in [0.717, 1.165) is 24.3 Å². The molecule has 156 valence electrons. The summed E-state index contributed by atoms with van der Waals surface area (Å²) in [5, 5.41) is 2.44. The third kappa shape index (κ3) is 5.03. The van der Waals surface area contributed by atoms with Gasteiger partial charge in [-0.1, -0.05) is 6.07 Å². The lowest BCUT2D eigenvalue weighted by Crippen LogP contribution is -2.52. The van der Waals surface area contributed by atoms with Crippen molar-refractivity contribution in [3.05, 3.63) is 59.7 Å². The highest BCUT2D eigenvalue weighted by Gasteiger charge is 2.31. The van der Waals surface area contributed by atoms with Crippen molar-refractivity contribution < 1.29 is 26.7 Å². The van der Waals surface area contributed by atoms with Gasteiger partial charge in [0.2, 0.25) is 5.91 Å². The van der Waals surface area contributed by atoms with Gasteiger partial charge in [0.25, 0.3) is 0 Å². The number of piperazine rings is 1. The maximum absolute atomic E-state index is 13.7. The molecule has 1 saturated heterocycles. The summed E-state index contributed by atoms with van der Waals surface area (Å²) in [5.41, 5.74) is -0.331. The molecule has 2 aromatic carbocycles. The standard InChI is InChI=1S/C20H20F5N3O/c1-13(19(29)26-18-6-5-15(21)12-17(18)22)27-7-9-28(10-8-27)16-4-2-3-14(11-16)20(23,24)25/h2-6,11-13H,7-10H2,1H3,(H,26,29). The number of benzene rings is 2. The second-order valence-corrected chi connectivity index (χ2v) is 6.86. The van der Waals surface area contributed by atoms with Crippen molar-refractivity contribution >= 4 is 17.3 Å². The first-order valence-corrected chi connectivity index (χ1v) is 9.07. The number of alkyl halides is 3. The molecule has 1 heterocycles. The van der Waals surface area contributed by atoms with Crippen molar-refractivity contribution in [1.82, 2.24) is 4.90 Å². The summed E-state index contributed by atoms with van der Waals surface area (Å²) in [4.78, 5) is 16.1. The third-order valence-electron chi connectivity index (χ3n) is 4.97. The molecule has 2 aromatic rings. The molecule has 29 heavy (non-hydrogen) atoms. The lowest BCUT2D eigenvalue weighted by Gasteiger charge is -2.38. The molecule has 1 amide bonds. The number of carbonyl (C=O) groups is 1. The summed E-state index contributed by atoms with van der Waals surface area (Å²) in [7, 11) is 0. The van der Waals surface area contributed by atoms with Gasteiger partial charge in [-0.05, 0) is 37.3 Å². The quantitative estimate of drug-likeness (QED) is 0.766. The average Bonchev–Trinajstić information content (AvgIpc) is 2.69. The van der Waals surface area contributed by atoms with Gasteiger partial charge in [0, 0.05) is 37.9 Å². The van der Waals surface area contributed by atoms with Gasteiger partial charge in [0.1, 0.15) is 11.6 Å². The number of nitrogens with one attached hydrogen (secondary N) is 1. The smallest absolute Gasteiger partial charge is 0.369 e. The minimum absolute atomic E-state index is 0.106. The molecule has 4 nitrogen and oxygen atoms in total. The Morgan fingerprint density at radius 2 is 1.72 bits per heavy atom. The maximum atomic E-state index is 13.7. The fraction of sp³-hybridized carbons (Fsp3) is 0.350. The van der Waals surface area contributed by atoms with E-state index in [-0.39, 0.29) is 5.69 Å². The summed E-state index contributed by atoms with van der Waals surface area (Å²) in [6.07, 6.45) is -4.40. The number of anilines is 2. The number of halogens is 5. The van der Waals surface area contributed by atoms with Crippen LogP contribution in [0.3, 0.4) is 0 Å². The van der Waals surface area contributed by atoms with Gasteiger partial charge in [0.05, 0.1) is 17.3 Å². The highest BCUT2D eigenvalue weighted by Crippen LogP contribution is 2.32. The zero-order valence-electron chi connectivity index (χ0n) is 15.6. The van der Waals surface area contributed by atoms with Crippen LogP contribution in [-0.2, 0) is 11.0 Å². The fourth-order valence-electron chi connectivity index (χ4n) is 3.24. The molecule has 1 fully saturated rings. The van der Waals surface area contributed by atoms with Gasteiger partial charge >= 0.3 is 6.18 Å². The van der Waals surface area contributed by atoms with Crippen LogP contribution in [0.2, 0.25) is 0 Å². The van der Waals surface area contributed by atoms with Crippen LogP contribution in [0.1, 0.15) is 12.5 Å². The van der Waals surface area contributed by atoms with E-state index in [9.17, 15) is 26.7 Å². The van der Waals surface area contributed by atoms with Crippen LogP contribution in [0.25, 0.3) is 0 Å².